The molecule has 25 heavy (non-hydrogen) atoms. The van der Waals surface area contributed by atoms with Gasteiger partial charge in [0.15, 0.2) is 0 Å². The van der Waals surface area contributed by atoms with Crippen LogP contribution in [0.4, 0.5) is 0 Å². The first kappa shape index (κ1) is 18.1. The molecule has 2 aromatic carbocycles. The fraction of sp³-hybridized carbons (Fsp3) is 0.316. The molecule has 3 N–H and O–H groups in total. The molecule has 5 nitrogen and oxygen atoms in total. The van der Waals surface area contributed by atoms with E-state index in [1.165, 1.54) is 0 Å². The van der Waals surface area contributed by atoms with Gasteiger partial charge in [-0.15, -0.1) is 0 Å². The van der Waals surface area contributed by atoms with Crippen LogP contribution in [0, 0.1) is 0 Å². The first-order chi connectivity index (χ1) is 12.0. The molecule has 134 valence electrons. The maximum atomic E-state index is 13.3. The van der Waals surface area contributed by atoms with Crippen molar-refractivity contribution in [1.29, 1.82) is 0 Å². The van der Waals surface area contributed by atoms with Crippen molar-refractivity contribution < 1.29 is 18.6 Å². The van der Waals surface area contributed by atoms with E-state index in [4.69, 9.17) is 9.29 Å². The van der Waals surface area contributed by atoms with Crippen LogP contribution in [0.15, 0.2) is 47.4 Å². The van der Waals surface area contributed by atoms with E-state index in [9.17, 15) is 9.32 Å². The molecule has 6 heteroatoms. The predicted molar refractivity (Wildman–Crippen MR) is 102 cm³/mol. The molecule has 3 unspecified atom stereocenters. The standard InChI is InChI=1S/C19H23NO4S/c1-14(20-19(22)8-9-21)13-24-25(23)10-4-7-17-11-15-5-2-3-6-16(15)12-18(17)25/h2-7,10-12,14,19-22H,8-9,13H2,1H3. The topological polar surface area (TPSA) is 78.8 Å². The molecule has 0 saturated carbocycles. The highest BCUT2D eigenvalue weighted by Gasteiger charge is 2.20. The number of benzene rings is 2. The SMILES string of the molecule is CC(COS1(=O)=CC=Cc2cc3ccccc3cc21)NC(O)CCO. The number of nitrogens with one attached hydrogen (secondary N) is 1. The van der Waals surface area contributed by atoms with Crippen LogP contribution in [0.5, 0.6) is 0 Å². The summed E-state index contributed by atoms with van der Waals surface area (Å²) in [5, 5.41) is 25.1. The van der Waals surface area contributed by atoms with Crippen LogP contribution in [0.25, 0.3) is 16.8 Å². The Labute approximate surface area is 148 Å². The van der Waals surface area contributed by atoms with Gasteiger partial charge >= 0.3 is 0 Å². The molecule has 0 amide bonds. The summed E-state index contributed by atoms with van der Waals surface area (Å²) in [6.07, 6.45) is 3.12. The second-order valence-electron chi connectivity index (χ2n) is 6.16. The Bertz CT molecular complexity index is 899. The summed E-state index contributed by atoms with van der Waals surface area (Å²) in [5.41, 5.74) is 0.895. The number of hydrogen-bond acceptors (Lipinski definition) is 5. The molecule has 0 aromatic heterocycles. The lowest BCUT2D eigenvalue weighted by Gasteiger charge is -2.22. The maximum absolute atomic E-state index is 13.3. The van der Waals surface area contributed by atoms with E-state index < -0.39 is 16.0 Å². The third-order valence-corrected chi connectivity index (χ3v) is 6.06. The zero-order valence-corrected chi connectivity index (χ0v) is 14.9. The van der Waals surface area contributed by atoms with E-state index in [0.717, 1.165) is 16.3 Å². The number of hydrogen-bond donors (Lipinski definition) is 3. The fourth-order valence-corrected chi connectivity index (χ4v) is 4.61. The second-order valence-corrected chi connectivity index (χ2v) is 8.20. The average Bonchev–Trinajstić information content (AvgIpc) is 2.59. The average molecular weight is 361 g/mol. The molecule has 0 fully saturated rings. The summed E-state index contributed by atoms with van der Waals surface area (Å²) in [6, 6.07) is 11.7. The largest absolute Gasteiger partial charge is 0.396 e. The Kier molecular flexibility index (Phi) is 5.56. The molecule has 1 heterocycles. The zero-order chi connectivity index (χ0) is 17.9. The van der Waals surface area contributed by atoms with E-state index in [-0.39, 0.29) is 25.7 Å². The molecule has 2 aromatic rings. The van der Waals surface area contributed by atoms with Gasteiger partial charge in [0.05, 0.1) is 11.5 Å². The highest BCUT2D eigenvalue weighted by atomic mass is 32.2. The molecule has 3 rings (SSSR count). The Balaban J connectivity index is 1.81. The molecular weight excluding hydrogens is 338 g/mol. The van der Waals surface area contributed by atoms with Crippen LogP contribution in [-0.2, 0) is 14.0 Å². The molecule has 1 aliphatic heterocycles. The summed E-state index contributed by atoms with van der Waals surface area (Å²) >= 11 is 0. The molecule has 3 atom stereocenters. The molecule has 0 saturated heterocycles. The minimum atomic E-state index is -2.77. The number of rotatable bonds is 7. The van der Waals surface area contributed by atoms with Gasteiger partial charge in [0.2, 0.25) is 0 Å². The lowest BCUT2D eigenvalue weighted by Crippen LogP contribution is -2.40. The minimum absolute atomic E-state index is 0.0997. The van der Waals surface area contributed by atoms with E-state index in [2.05, 4.69) is 5.32 Å². The summed E-state index contributed by atoms with van der Waals surface area (Å²) < 4.78 is 19.1. The lowest BCUT2D eigenvalue weighted by molar-refractivity contribution is 0.0853. The van der Waals surface area contributed by atoms with Crippen molar-refractivity contribution >= 4 is 32.0 Å². The summed E-state index contributed by atoms with van der Waals surface area (Å²) in [7, 11) is -2.77. The van der Waals surface area contributed by atoms with Gasteiger partial charge in [-0.05, 0) is 35.4 Å². The van der Waals surface area contributed by atoms with Crippen molar-refractivity contribution in [2.24, 2.45) is 0 Å². The Morgan fingerprint density at radius 3 is 2.68 bits per heavy atom. The second kappa shape index (κ2) is 7.68. The van der Waals surface area contributed by atoms with Crippen LogP contribution < -0.4 is 5.32 Å². The predicted octanol–water partition coefficient (Wildman–Crippen LogP) is 1.92. The van der Waals surface area contributed by atoms with Crippen molar-refractivity contribution in [3.63, 3.8) is 0 Å². The van der Waals surface area contributed by atoms with Crippen molar-refractivity contribution in [1.82, 2.24) is 5.32 Å². The third kappa shape index (κ3) is 4.11. The normalized spacial score (nSPS) is 21.6. The monoisotopic (exact) mass is 361 g/mol. The van der Waals surface area contributed by atoms with Crippen LogP contribution >= 0.6 is 0 Å². The first-order valence-electron chi connectivity index (χ1n) is 8.29. The number of allylic oxidation sites excluding steroid dienone is 1. The number of aliphatic hydroxyl groups excluding tert-OH is 2. The quantitative estimate of drug-likeness (QED) is 0.519. The van der Waals surface area contributed by atoms with Gasteiger partial charge in [0.25, 0.3) is 0 Å². The van der Waals surface area contributed by atoms with E-state index in [1.54, 1.807) is 11.4 Å². The molecule has 1 aliphatic rings. The maximum Gasteiger partial charge on any atom is 0.114 e. The molecule has 0 bridgehead atoms. The third-order valence-electron chi connectivity index (χ3n) is 4.09. The summed E-state index contributed by atoms with van der Waals surface area (Å²) in [6.45, 7) is 1.92. The fourth-order valence-electron chi connectivity index (χ4n) is 2.82. The van der Waals surface area contributed by atoms with Crippen molar-refractivity contribution in [2.75, 3.05) is 13.2 Å². The van der Waals surface area contributed by atoms with Gasteiger partial charge in [0, 0.05) is 24.4 Å². The smallest absolute Gasteiger partial charge is 0.114 e. The van der Waals surface area contributed by atoms with Gasteiger partial charge < -0.3 is 10.2 Å². The molecular formula is C19H23NO4S. The van der Waals surface area contributed by atoms with E-state index >= 15 is 0 Å². The molecule has 0 aliphatic carbocycles. The van der Waals surface area contributed by atoms with E-state index in [0.29, 0.717) is 4.90 Å². The number of fused-ring (bicyclic) bond motifs is 2. The van der Waals surface area contributed by atoms with Crippen LogP contribution in [0.3, 0.4) is 0 Å². The van der Waals surface area contributed by atoms with E-state index in [1.807, 2.05) is 49.4 Å². The van der Waals surface area contributed by atoms with Crippen molar-refractivity contribution in [2.45, 2.75) is 30.5 Å². The summed E-state index contributed by atoms with van der Waals surface area (Å²) in [4.78, 5) is 0.678. The van der Waals surface area contributed by atoms with Crippen LogP contribution in [0.1, 0.15) is 18.9 Å². The lowest BCUT2D eigenvalue weighted by atomic mass is 10.1. The number of aliphatic hydroxyl groups is 2. The van der Waals surface area contributed by atoms with Crippen LogP contribution in [-0.4, -0.2) is 45.3 Å². The highest BCUT2D eigenvalue weighted by molar-refractivity contribution is 7.97. The van der Waals surface area contributed by atoms with Gasteiger partial charge in [-0.2, -0.15) is 0 Å². The van der Waals surface area contributed by atoms with Crippen molar-refractivity contribution in [3.8, 4) is 0 Å². The Morgan fingerprint density at radius 2 is 1.96 bits per heavy atom. The van der Waals surface area contributed by atoms with Gasteiger partial charge in [-0.25, -0.2) is 4.21 Å². The minimum Gasteiger partial charge on any atom is -0.396 e. The van der Waals surface area contributed by atoms with Gasteiger partial charge in [0.1, 0.15) is 16.0 Å². The first-order valence-corrected chi connectivity index (χ1v) is 9.84. The Hall–Kier alpha value is -1.70. The Morgan fingerprint density at radius 1 is 1.24 bits per heavy atom. The summed E-state index contributed by atoms with van der Waals surface area (Å²) in [5.74, 6) is 0. The van der Waals surface area contributed by atoms with Gasteiger partial charge in [-0.3, -0.25) is 9.50 Å². The zero-order valence-electron chi connectivity index (χ0n) is 14.1. The molecule has 0 spiro atoms. The highest BCUT2D eigenvalue weighted by Crippen LogP contribution is 2.28. The molecule has 0 radical (unpaired) electrons. The van der Waals surface area contributed by atoms with Gasteiger partial charge in [-0.1, -0.05) is 36.4 Å². The van der Waals surface area contributed by atoms with Crippen LogP contribution in [0.2, 0.25) is 0 Å². The van der Waals surface area contributed by atoms with Crippen molar-refractivity contribution in [3.05, 3.63) is 48.0 Å².